The summed E-state index contributed by atoms with van der Waals surface area (Å²) in [5.41, 5.74) is 3.45. The van der Waals surface area contributed by atoms with E-state index in [1.54, 1.807) is 24.5 Å². The summed E-state index contributed by atoms with van der Waals surface area (Å²) >= 11 is 0. The van der Waals surface area contributed by atoms with E-state index in [2.05, 4.69) is 22.2 Å². The number of aryl methyl sites for hydroxylation is 1. The molecule has 0 unspecified atom stereocenters. The molecule has 4 nitrogen and oxygen atoms in total. The number of rotatable bonds is 5. The van der Waals surface area contributed by atoms with Crippen molar-refractivity contribution in [3.05, 3.63) is 66.5 Å². The maximum atomic E-state index is 11.8. The van der Waals surface area contributed by atoms with Gasteiger partial charge in [0, 0.05) is 18.4 Å². The normalized spacial score (nSPS) is 9.85. The molecule has 102 valence electrons. The van der Waals surface area contributed by atoms with E-state index in [1.807, 2.05) is 31.2 Å². The van der Waals surface area contributed by atoms with Crippen molar-refractivity contribution in [2.45, 2.75) is 6.92 Å². The second-order valence-corrected chi connectivity index (χ2v) is 4.45. The lowest BCUT2D eigenvalue weighted by Crippen LogP contribution is -2.23. The van der Waals surface area contributed by atoms with Crippen molar-refractivity contribution in [1.29, 1.82) is 0 Å². The third-order valence-electron chi connectivity index (χ3n) is 2.75. The van der Waals surface area contributed by atoms with Gasteiger partial charge in [0.05, 0.1) is 17.4 Å². The van der Waals surface area contributed by atoms with Gasteiger partial charge in [-0.15, -0.1) is 6.58 Å². The molecule has 0 atom stereocenters. The highest BCUT2D eigenvalue weighted by Crippen LogP contribution is 2.17. The van der Waals surface area contributed by atoms with Crippen LogP contribution in [-0.2, 0) is 0 Å². The second kappa shape index (κ2) is 6.52. The minimum absolute atomic E-state index is 0.162. The highest BCUT2D eigenvalue weighted by atomic mass is 16.1. The van der Waals surface area contributed by atoms with Crippen LogP contribution in [0, 0.1) is 6.92 Å². The van der Waals surface area contributed by atoms with Crippen molar-refractivity contribution in [1.82, 2.24) is 10.3 Å². The number of nitrogens with zero attached hydrogens (tertiary/aromatic N) is 1. The highest BCUT2D eigenvalue weighted by molar-refractivity contribution is 5.94. The number of pyridine rings is 1. The fourth-order valence-electron chi connectivity index (χ4n) is 1.70. The van der Waals surface area contributed by atoms with Crippen LogP contribution in [-0.4, -0.2) is 17.4 Å². The molecule has 20 heavy (non-hydrogen) atoms. The third-order valence-corrected chi connectivity index (χ3v) is 2.75. The number of benzene rings is 1. The second-order valence-electron chi connectivity index (χ2n) is 4.45. The molecule has 0 bridgehead atoms. The number of nitrogens with one attached hydrogen (secondary N) is 2. The molecule has 2 aromatic rings. The summed E-state index contributed by atoms with van der Waals surface area (Å²) in [5, 5.41) is 5.94. The highest BCUT2D eigenvalue weighted by Gasteiger charge is 2.05. The maximum absolute atomic E-state index is 11.8. The van der Waals surface area contributed by atoms with E-state index in [0.29, 0.717) is 12.1 Å². The van der Waals surface area contributed by atoms with Crippen LogP contribution < -0.4 is 10.6 Å². The Balaban J connectivity index is 2.11. The number of hydrogen-bond donors (Lipinski definition) is 2. The maximum Gasteiger partial charge on any atom is 0.253 e. The lowest BCUT2D eigenvalue weighted by atomic mass is 10.2. The van der Waals surface area contributed by atoms with Crippen molar-refractivity contribution >= 4 is 17.3 Å². The Kier molecular flexibility index (Phi) is 4.50. The minimum Gasteiger partial charge on any atom is -0.354 e. The van der Waals surface area contributed by atoms with Crippen molar-refractivity contribution < 1.29 is 4.79 Å². The van der Waals surface area contributed by atoms with Gasteiger partial charge in [-0.1, -0.05) is 23.8 Å². The molecule has 0 radical (unpaired) electrons. The first-order valence-corrected chi connectivity index (χ1v) is 6.37. The molecule has 1 aromatic carbocycles. The largest absolute Gasteiger partial charge is 0.354 e. The smallest absolute Gasteiger partial charge is 0.253 e. The molecule has 1 heterocycles. The molecule has 4 heteroatoms. The van der Waals surface area contributed by atoms with Gasteiger partial charge in [-0.3, -0.25) is 9.78 Å². The Morgan fingerprint density at radius 3 is 2.70 bits per heavy atom. The van der Waals surface area contributed by atoms with Crippen molar-refractivity contribution in [3.8, 4) is 0 Å². The van der Waals surface area contributed by atoms with Crippen LogP contribution in [0.3, 0.4) is 0 Å². The van der Waals surface area contributed by atoms with Crippen molar-refractivity contribution in [2.75, 3.05) is 11.9 Å². The molecular formula is C16H17N3O. The Bertz CT molecular complexity index is 605. The SMILES string of the molecule is C=CCNC(=O)c1cncc(Nc2ccc(C)cc2)c1. The monoisotopic (exact) mass is 267 g/mol. The van der Waals surface area contributed by atoms with Gasteiger partial charge in [0.2, 0.25) is 0 Å². The van der Waals surface area contributed by atoms with Crippen LogP contribution in [0.5, 0.6) is 0 Å². The summed E-state index contributed by atoms with van der Waals surface area (Å²) in [7, 11) is 0. The van der Waals surface area contributed by atoms with Gasteiger partial charge in [0.1, 0.15) is 0 Å². The van der Waals surface area contributed by atoms with Crippen LogP contribution in [0.2, 0.25) is 0 Å². The number of carbonyl (C=O) groups is 1. The zero-order valence-electron chi connectivity index (χ0n) is 11.4. The molecular weight excluding hydrogens is 250 g/mol. The van der Waals surface area contributed by atoms with Crippen LogP contribution >= 0.6 is 0 Å². The molecule has 2 rings (SSSR count). The van der Waals surface area contributed by atoms with E-state index in [9.17, 15) is 4.79 Å². The predicted octanol–water partition coefficient (Wildman–Crippen LogP) is 3.05. The Morgan fingerprint density at radius 1 is 1.25 bits per heavy atom. The molecule has 0 aliphatic rings. The Labute approximate surface area is 118 Å². The van der Waals surface area contributed by atoms with E-state index in [-0.39, 0.29) is 5.91 Å². The molecule has 0 saturated heterocycles. The van der Waals surface area contributed by atoms with Crippen LogP contribution in [0.25, 0.3) is 0 Å². The van der Waals surface area contributed by atoms with Crippen molar-refractivity contribution in [3.63, 3.8) is 0 Å². The van der Waals surface area contributed by atoms with E-state index < -0.39 is 0 Å². The standard InChI is InChI=1S/C16H17N3O/c1-3-8-18-16(20)13-9-15(11-17-10-13)19-14-6-4-12(2)5-7-14/h3-7,9-11,19H,1,8H2,2H3,(H,18,20). The zero-order chi connectivity index (χ0) is 14.4. The summed E-state index contributed by atoms with van der Waals surface area (Å²) in [6, 6.07) is 9.79. The van der Waals surface area contributed by atoms with E-state index in [0.717, 1.165) is 11.4 Å². The topological polar surface area (TPSA) is 54.0 Å². The molecule has 1 aromatic heterocycles. The first-order chi connectivity index (χ1) is 9.69. The van der Waals surface area contributed by atoms with E-state index in [4.69, 9.17) is 0 Å². The van der Waals surface area contributed by atoms with Gasteiger partial charge in [0.15, 0.2) is 0 Å². The summed E-state index contributed by atoms with van der Waals surface area (Å²) in [5.74, 6) is -0.162. The molecule has 0 aliphatic carbocycles. The fourth-order valence-corrected chi connectivity index (χ4v) is 1.70. The minimum atomic E-state index is -0.162. The van der Waals surface area contributed by atoms with Gasteiger partial charge in [-0.25, -0.2) is 0 Å². The summed E-state index contributed by atoms with van der Waals surface area (Å²) < 4.78 is 0. The summed E-state index contributed by atoms with van der Waals surface area (Å²) in [6.45, 7) is 6.04. The fraction of sp³-hybridized carbons (Fsp3) is 0.125. The summed E-state index contributed by atoms with van der Waals surface area (Å²) in [4.78, 5) is 15.9. The van der Waals surface area contributed by atoms with Gasteiger partial charge < -0.3 is 10.6 Å². The quantitative estimate of drug-likeness (QED) is 0.819. The Morgan fingerprint density at radius 2 is 2.00 bits per heavy atom. The molecule has 1 amide bonds. The van der Waals surface area contributed by atoms with E-state index in [1.165, 1.54) is 5.56 Å². The number of amides is 1. The average Bonchev–Trinajstić information content (AvgIpc) is 2.47. The first kappa shape index (κ1) is 13.8. The lowest BCUT2D eigenvalue weighted by molar-refractivity contribution is 0.0957. The van der Waals surface area contributed by atoms with Gasteiger partial charge in [-0.05, 0) is 25.1 Å². The number of anilines is 2. The first-order valence-electron chi connectivity index (χ1n) is 6.37. The van der Waals surface area contributed by atoms with E-state index >= 15 is 0 Å². The van der Waals surface area contributed by atoms with Crippen LogP contribution in [0.4, 0.5) is 11.4 Å². The third kappa shape index (κ3) is 3.68. The molecule has 0 aliphatic heterocycles. The average molecular weight is 267 g/mol. The summed E-state index contributed by atoms with van der Waals surface area (Å²) in [6.07, 6.45) is 4.86. The van der Waals surface area contributed by atoms with Gasteiger partial charge >= 0.3 is 0 Å². The van der Waals surface area contributed by atoms with Gasteiger partial charge in [-0.2, -0.15) is 0 Å². The Hall–Kier alpha value is -2.62. The molecule has 0 spiro atoms. The number of aromatic nitrogens is 1. The molecule has 2 N–H and O–H groups in total. The number of hydrogen-bond acceptors (Lipinski definition) is 3. The zero-order valence-corrected chi connectivity index (χ0v) is 11.4. The van der Waals surface area contributed by atoms with Crippen LogP contribution in [0.15, 0.2) is 55.4 Å². The van der Waals surface area contributed by atoms with Crippen molar-refractivity contribution in [2.24, 2.45) is 0 Å². The number of carbonyl (C=O) groups excluding carboxylic acids is 1. The van der Waals surface area contributed by atoms with Gasteiger partial charge in [0.25, 0.3) is 5.91 Å². The van der Waals surface area contributed by atoms with Crippen LogP contribution in [0.1, 0.15) is 15.9 Å². The molecule has 0 saturated carbocycles. The lowest BCUT2D eigenvalue weighted by Gasteiger charge is -2.08. The molecule has 0 fully saturated rings. The predicted molar refractivity (Wildman–Crippen MR) is 81.2 cm³/mol.